The fourth-order valence-electron chi connectivity index (χ4n) is 0. The molecule has 6 heavy (non-hydrogen) atoms. The Kier molecular flexibility index (Phi) is 0.316. The maximum absolute atomic E-state index is 9.24. The summed E-state index contributed by atoms with van der Waals surface area (Å²) < 4.78 is 40.7. The van der Waals surface area contributed by atoms with Gasteiger partial charge in [-0.1, -0.05) is 0 Å². The van der Waals surface area contributed by atoms with Crippen molar-refractivity contribution in [3.05, 3.63) is 0 Å². The fraction of sp³-hybridized carbons (Fsp3) is 1.00. The first kappa shape index (κ1) is 1.20. The summed E-state index contributed by atoms with van der Waals surface area (Å²) in [5, 5.41) is 9.24. The average Bonchev–Trinajstić information content (AvgIpc) is 1.81. The number of nitrogens with two attached hydrogens (primary N) is 1. The molecule has 0 unspecified atom stereocenters. The van der Waals surface area contributed by atoms with E-state index in [0.29, 0.717) is 0 Å². The number of rotatable bonds is 1. The van der Waals surface area contributed by atoms with Crippen LogP contribution in [0.25, 0.3) is 0 Å². The second kappa shape index (κ2) is 1.58. The Morgan fingerprint density at radius 3 is 2.50 bits per heavy atom. The molecule has 0 radical (unpaired) electrons. The lowest BCUT2D eigenvalue weighted by molar-refractivity contribution is 0.0898. The summed E-state index contributed by atoms with van der Waals surface area (Å²) in [5.41, 5.74) is 2.10. The zero-order chi connectivity index (χ0) is 10.2. The maximum atomic E-state index is 9.24. The van der Waals surface area contributed by atoms with Crippen molar-refractivity contribution in [1.29, 1.82) is 0 Å². The third-order valence-electron chi connectivity index (χ3n) is 0.295. The van der Waals surface area contributed by atoms with Crippen LogP contribution >= 0.6 is 0 Å². The molecular formula is C4H11NO. The van der Waals surface area contributed by atoms with Gasteiger partial charge in [-0.3, -0.25) is 0 Å². The molecule has 0 amide bonds. The van der Waals surface area contributed by atoms with E-state index >= 15 is 0 Å². The first-order valence-electron chi connectivity index (χ1n) is 4.49. The summed E-state index contributed by atoms with van der Waals surface area (Å²) in [6.07, 6.45) is 0. The van der Waals surface area contributed by atoms with Gasteiger partial charge in [0.15, 0.2) is 0 Å². The van der Waals surface area contributed by atoms with Crippen molar-refractivity contribution in [2.24, 2.45) is 5.73 Å². The van der Waals surface area contributed by atoms with E-state index in [1.54, 1.807) is 0 Å². The van der Waals surface area contributed by atoms with Crippen LogP contribution in [-0.4, -0.2) is 17.3 Å². The van der Waals surface area contributed by atoms with Crippen LogP contribution < -0.4 is 5.73 Å². The molecule has 0 aliphatic heterocycles. The summed E-state index contributed by atoms with van der Waals surface area (Å²) in [7, 11) is 0. The topological polar surface area (TPSA) is 46.2 Å². The van der Waals surface area contributed by atoms with Crippen LogP contribution in [0.15, 0.2) is 0 Å². The minimum atomic E-state index is -2.99. The lowest BCUT2D eigenvalue weighted by Gasteiger charge is -2.11. The Morgan fingerprint density at radius 1 is 2.00 bits per heavy atom. The van der Waals surface area contributed by atoms with Crippen LogP contribution in [0, 0.1) is 0 Å². The highest BCUT2D eigenvalue weighted by Crippen LogP contribution is 1.93. The van der Waals surface area contributed by atoms with Gasteiger partial charge in [0, 0.05) is 14.8 Å². The summed E-state index contributed by atoms with van der Waals surface area (Å²) >= 11 is 0. The Balaban J connectivity index is 4.95. The smallest absolute Gasteiger partial charge is 0.0713 e. The van der Waals surface area contributed by atoms with Crippen LogP contribution in [0.3, 0.4) is 0 Å². The molecule has 0 spiro atoms. The van der Waals surface area contributed by atoms with Crippen LogP contribution in [0.4, 0.5) is 0 Å². The van der Waals surface area contributed by atoms with Crippen molar-refractivity contribution in [2.45, 2.75) is 19.3 Å². The summed E-state index contributed by atoms with van der Waals surface area (Å²) in [4.78, 5) is 0. The van der Waals surface area contributed by atoms with Gasteiger partial charge in [0.05, 0.1) is 5.60 Å². The molecule has 0 aliphatic carbocycles. The molecular weight excluding hydrogens is 78.0 g/mol. The molecule has 0 bridgehead atoms. The predicted octanol–water partition coefficient (Wildman–Crippen LogP) is -0.284. The van der Waals surface area contributed by atoms with Crippen molar-refractivity contribution in [3.63, 3.8) is 0 Å². The fourth-order valence-corrected chi connectivity index (χ4v) is 0. The van der Waals surface area contributed by atoms with E-state index in [2.05, 4.69) is 0 Å². The van der Waals surface area contributed by atoms with Gasteiger partial charge in [-0.2, -0.15) is 0 Å². The van der Waals surface area contributed by atoms with E-state index < -0.39 is 25.8 Å². The number of aliphatic hydroxyl groups is 1. The average molecular weight is 95.2 g/mol. The largest absolute Gasteiger partial charge is 0.389 e. The van der Waals surface area contributed by atoms with E-state index in [0.717, 1.165) is 0 Å². The molecule has 0 aromatic rings. The highest BCUT2D eigenvalue weighted by atomic mass is 16.3. The molecule has 0 aromatic heterocycles. The second-order valence-corrected chi connectivity index (χ2v) is 1.06. The molecule has 2 heteroatoms. The van der Waals surface area contributed by atoms with E-state index in [4.69, 9.17) is 14.0 Å². The Hall–Kier alpha value is -0.0800. The molecule has 0 rings (SSSR count). The zero-order valence-corrected chi connectivity index (χ0v) is 3.23. The summed E-state index contributed by atoms with van der Waals surface area (Å²) in [6.45, 7) is -6.81. The SMILES string of the molecule is [2H]C([2H])([2H])C(O)(CN)C([2H])([2H])[2H]. The van der Waals surface area contributed by atoms with Crippen molar-refractivity contribution < 1.29 is 13.3 Å². The van der Waals surface area contributed by atoms with E-state index in [-0.39, 0.29) is 0 Å². The van der Waals surface area contributed by atoms with Gasteiger partial charge in [0.1, 0.15) is 0 Å². The minimum Gasteiger partial charge on any atom is -0.389 e. The molecule has 0 atom stereocenters. The van der Waals surface area contributed by atoms with Crippen molar-refractivity contribution in [1.82, 2.24) is 0 Å². The van der Waals surface area contributed by atoms with Gasteiger partial charge >= 0.3 is 0 Å². The maximum Gasteiger partial charge on any atom is 0.0713 e. The Bertz CT molecular complexity index is 146. The molecule has 2 nitrogen and oxygen atoms in total. The van der Waals surface area contributed by atoms with Crippen LogP contribution in [-0.2, 0) is 0 Å². The Morgan fingerprint density at radius 2 is 2.50 bits per heavy atom. The summed E-state index contributed by atoms with van der Waals surface area (Å²) in [5.74, 6) is 0. The number of hydrogen-bond donors (Lipinski definition) is 2. The third kappa shape index (κ3) is 3.92. The van der Waals surface area contributed by atoms with Crippen LogP contribution in [0.5, 0.6) is 0 Å². The zero-order valence-electron chi connectivity index (χ0n) is 9.23. The molecule has 3 N–H and O–H groups in total. The molecule has 0 heterocycles. The first-order chi connectivity index (χ1) is 5.06. The lowest BCUT2D eigenvalue weighted by Crippen LogP contribution is -2.29. The van der Waals surface area contributed by atoms with Gasteiger partial charge in [-0.15, -0.1) is 0 Å². The van der Waals surface area contributed by atoms with Crippen molar-refractivity contribution >= 4 is 0 Å². The normalized spacial score (nSPS) is 31.0. The van der Waals surface area contributed by atoms with Gasteiger partial charge in [-0.05, 0) is 13.7 Å². The van der Waals surface area contributed by atoms with Crippen LogP contribution in [0.2, 0.25) is 0 Å². The number of hydrogen-bond acceptors (Lipinski definition) is 2. The molecule has 0 aliphatic rings. The van der Waals surface area contributed by atoms with E-state index in [1.807, 2.05) is 0 Å². The molecule has 0 aromatic carbocycles. The van der Waals surface area contributed by atoms with Gasteiger partial charge < -0.3 is 10.8 Å². The predicted molar refractivity (Wildman–Crippen MR) is 25.4 cm³/mol. The second-order valence-electron chi connectivity index (χ2n) is 1.06. The highest BCUT2D eigenvalue weighted by Gasteiger charge is 2.06. The standard InChI is InChI=1S/C4H11NO/c1-4(2,6)3-5/h6H,3,5H2,1-2H3/i1D3,2D3. The van der Waals surface area contributed by atoms with Crippen molar-refractivity contribution in [3.8, 4) is 0 Å². The van der Waals surface area contributed by atoms with Crippen molar-refractivity contribution in [2.75, 3.05) is 6.54 Å². The Labute approximate surface area is 46.4 Å². The molecule has 0 saturated carbocycles. The van der Waals surface area contributed by atoms with Gasteiger partial charge in [0.25, 0.3) is 0 Å². The quantitative estimate of drug-likeness (QED) is 0.470. The monoisotopic (exact) mass is 95.1 g/mol. The minimum absolute atomic E-state index is 0.819. The third-order valence-corrected chi connectivity index (χ3v) is 0.295. The highest BCUT2D eigenvalue weighted by molar-refractivity contribution is 4.63. The molecule has 0 fully saturated rings. The van der Waals surface area contributed by atoms with E-state index in [9.17, 15) is 5.11 Å². The molecule has 0 saturated heterocycles. The summed E-state index contributed by atoms with van der Waals surface area (Å²) in [6, 6.07) is 0. The van der Waals surface area contributed by atoms with Gasteiger partial charge in [-0.25, -0.2) is 0 Å². The van der Waals surface area contributed by atoms with E-state index in [1.165, 1.54) is 0 Å². The van der Waals surface area contributed by atoms with Gasteiger partial charge in [0.2, 0.25) is 0 Å². The van der Waals surface area contributed by atoms with Crippen LogP contribution in [0.1, 0.15) is 21.9 Å². The molecule has 38 valence electrons. The lowest BCUT2D eigenvalue weighted by atomic mass is 10.1. The first-order valence-corrected chi connectivity index (χ1v) is 1.49.